The molecule has 4 nitrogen and oxygen atoms in total. The zero-order chi connectivity index (χ0) is 10.6. The van der Waals surface area contributed by atoms with E-state index in [1.54, 1.807) is 0 Å². The van der Waals surface area contributed by atoms with Gasteiger partial charge in [0.1, 0.15) is 9.84 Å². The largest absolute Gasteiger partial charge is 0.395 e. The summed E-state index contributed by atoms with van der Waals surface area (Å²) in [6.45, 7) is 1.63. The summed E-state index contributed by atoms with van der Waals surface area (Å²) in [6, 6.07) is 0.599. The summed E-state index contributed by atoms with van der Waals surface area (Å²) >= 11 is 0. The molecular weight excluding hydrogens is 202 g/mol. The molecule has 1 aliphatic rings. The molecule has 1 fully saturated rings. The average molecular weight is 221 g/mol. The molecular formula is C9H19NO3S. The van der Waals surface area contributed by atoms with Crippen LogP contribution in [0.5, 0.6) is 0 Å². The third-order valence-corrected chi connectivity index (χ3v) is 3.44. The molecule has 0 bridgehead atoms. The second-order valence-electron chi connectivity index (χ2n) is 3.97. The van der Waals surface area contributed by atoms with E-state index in [9.17, 15) is 8.42 Å². The van der Waals surface area contributed by atoms with Gasteiger partial charge in [0.25, 0.3) is 0 Å². The van der Waals surface area contributed by atoms with Crippen LogP contribution in [0.25, 0.3) is 0 Å². The van der Waals surface area contributed by atoms with Gasteiger partial charge in [0.05, 0.1) is 12.4 Å². The number of hydrogen-bond acceptors (Lipinski definition) is 4. The molecule has 0 spiro atoms. The number of aliphatic hydroxyl groups excluding tert-OH is 1. The molecule has 0 aromatic rings. The molecule has 84 valence electrons. The molecule has 0 heterocycles. The second-order valence-corrected chi connectivity index (χ2v) is 6.23. The van der Waals surface area contributed by atoms with Gasteiger partial charge in [-0.15, -0.1) is 0 Å². The predicted octanol–water partition coefficient (Wildman–Crippen LogP) is -0.122. The first-order valence-electron chi connectivity index (χ1n) is 5.05. The van der Waals surface area contributed by atoms with Gasteiger partial charge in [-0.3, -0.25) is 4.90 Å². The Morgan fingerprint density at radius 3 is 2.43 bits per heavy atom. The molecule has 0 aromatic carbocycles. The minimum Gasteiger partial charge on any atom is -0.395 e. The van der Waals surface area contributed by atoms with Crippen molar-refractivity contribution in [3.05, 3.63) is 0 Å². The fraction of sp³-hybridized carbons (Fsp3) is 1.00. The first-order chi connectivity index (χ1) is 6.53. The SMILES string of the molecule is CS(=O)(=O)CCCN(CCO)C1CC1. The molecule has 14 heavy (non-hydrogen) atoms. The molecule has 0 aliphatic heterocycles. The standard InChI is InChI=1S/C9H19NO3S/c1-14(12,13)8-2-5-10(6-7-11)9-3-4-9/h9,11H,2-8H2,1H3. The summed E-state index contributed by atoms with van der Waals surface area (Å²) in [4.78, 5) is 2.19. The zero-order valence-corrected chi connectivity index (χ0v) is 9.46. The molecule has 0 unspecified atom stereocenters. The molecule has 1 N–H and O–H groups in total. The maximum Gasteiger partial charge on any atom is 0.147 e. The maximum absolute atomic E-state index is 10.9. The van der Waals surface area contributed by atoms with Crippen LogP contribution in [-0.4, -0.2) is 56.2 Å². The smallest absolute Gasteiger partial charge is 0.147 e. The average Bonchev–Trinajstić information content (AvgIpc) is 2.83. The third kappa shape index (κ3) is 4.93. The number of rotatable bonds is 7. The van der Waals surface area contributed by atoms with Gasteiger partial charge >= 0.3 is 0 Å². The monoisotopic (exact) mass is 221 g/mol. The van der Waals surface area contributed by atoms with Crippen molar-refractivity contribution in [2.24, 2.45) is 0 Å². The number of aliphatic hydroxyl groups is 1. The topological polar surface area (TPSA) is 57.6 Å². The summed E-state index contributed by atoms with van der Waals surface area (Å²) in [6.07, 6.45) is 4.33. The Balaban J connectivity index is 2.19. The van der Waals surface area contributed by atoms with Crippen molar-refractivity contribution < 1.29 is 13.5 Å². The Bertz CT molecular complexity index is 259. The second kappa shape index (κ2) is 5.09. The zero-order valence-electron chi connectivity index (χ0n) is 8.65. The van der Waals surface area contributed by atoms with Crippen LogP contribution in [0.2, 0.25) is 0 Å². The molecule has 1 saturated carbocycles. The summed E-state index contributed by atoms with van der Waals surface area (Å²) in [7, 11) is -2.83. The molecule has 5 heteroatoms. The summed E-state index contributed by atoms with van der Waals surface area (Å²) in [5.74, 6) is 0.252. The van der Waals surface area contributed by atoms with Gasteiger partial charge in [-0.25, -0.2) is 8.42 Å². The van der Waals surface area contributed by atoms with E-state index in [0.29, 0.717) is 19.0 Å². The van der Waals surface area contributed by atoms with Crippen LogP contribution in [0.1, 0.15) is 19.3 Å². The van der Waals surface area contributed by atoms with Crippen LogP contribution in [0.15, 0.2) is 0 Å². The van der Waals surface area contributed by atoms with Crippen molar-refractivity contribution in [1.82, 2.24) is 4.90 Å². The van der Waals surface area contributed by atoms with Crippen molar-refractivity contribution in [1.29, 1.82) is 0 Å². The lowest BCUT2D eigenvalue weighted by Crippen LogP contribution is -2.31. The van der Waals surface area contributed by atoms with E-state index in [0.717, 1.165) is 6.54 Å². The summed E-state index contributed by atoms with van der Waals surface area (Å²) < 4.78 is 21.8. The summed E-state index contributed by atoms with van der Waals surface area (Å²) in [5, 5.41) is 8.81. The van der Waals surface area contributed by atoms with Gasteiger partial charge < -0.3 is 5.11 Å². The number of hydrogen-bond donors (Lipinski definition) is 1. The molecule has 0 radical (unpaired) electrons. The van der Waals surface area contributed by atoms with Crippen molar-refractivity contribution in [3.63, 3.8) is 0 Å². The van der Waals surface area contributed by atoms with Crippen LogP contribution in [0.3, 0.4) is 0 Å². The van der Waals surface area contributed by atoms with Gasteiger partial charge in [0.2, 0.25) is 0 Å². The van der Waals surface area contributed by atoms with E-state index >= 15 is 0 Å². The highest BCUT2D eigenvalue weighted by Gasteiger charge is 2.27. The minimum atomic E-state index is -2.83. The van der Waals surface area contributed by atoms with Gasteiger partial charge in [0, 0.05) is 18.8 Å². The van der Waals surface area contributed by atoms with Gasteiger partial charge in [-0.1, -0.05) is 0 Å². The highest BCUT2D eigenvalue weighted by atomic mass is 32.2. The molecule has 0 aromatic heterocycles. The summed E-state index contributed by atoms with van der Waals surface area (Å²) in [5.41, 5.74) is 0. The Labute approximate surface area is 85.8 Å². The van der Waals surface area contributed by atoms with Gasteiger partial charge in [0.15, 0.2) is 0 Å². The lowest BCUT2D eigenvalue weighted by Gasteiger charge is -2.20. The fourth-order valence-corrected chi connectivity index (χ4v) is 2.23. The molecule has 0 amide bonds. The molecule has 0 saturated heterocycles. The van der Waals surface area contributed by atoms with Crippen LogP contribution in [0.4, 0.5) is 0 Å². The molecule has 1 aliphatic carbocycles. The highest BCUT2D eigenvalue weighted by Crippen LogP contribution is 2.26. The van der Waals surface area contributed by atoms with Crippen molar-refractivity contribution in [2.75, 3.05) is 31.7 Å². The highest BCUT2D eigenvalue weighted by molar-refractivity contribution is 7.90. The van der Waals surface area contributed by atoms with E-state index < -0.39 is 9.84 Å². The van der Waals surface area contributed by atoms with E-state index in [1.807, 2.05) is 0 Å². The van der Waals surface area contributed by atoms with Gasteiger partial charge in [-0.2, -0.15) is 0 Å². The lowest BCUT2D eigenvalue weighted by atomic mass is 10.4. The Morgan fingerprint density at radius 1 is 1.36 bits per heavy atom. The Hall–Kier alpha value is -0.130. The van der Waals surface area contributed by atoms with Crippen molar-refractivity contribution >= 4 is 9.84 Å². The normalized spacial score (nSPS) is 17.6. The van der Waals surface area contributed by atoms with E-state index in [2.05, 4.69) is 4.90 Å². The Kier molecular flexibility index (Phi) is 4.34. The quantitative estimate of drug-likeness (QED) is 0.651. The molecule has 1 rings (SSSR count). The van der Waals surface area contributed by atoms with Crippen LogP contribution < -0.4 is 0 Å². The maximum atomic E-state index is 10.9. The van der Waals surface area contributed by atoms with Crippen LogP contribution in [-0.2, 0) is 9.84 Å². The van der Waals surface area contributed by atoms with Crippen LogP contribution in [0, 0.1) is 0 Å². The number of nitrogens with zero attached hydrogens (tertiary/aromatic N) is 1. The third-order valence-electron chi connectivity index (χ3n) is 2.41. The first-order valence-corrected chi connectivity index (χ1v) is 7.11. The van der Waals surface area contributed by atoms with E-state index in [4.69, 9.17) is 5.11 Å². The first kappa shape index (κ1) is 11.9. The molecule has 0 atom stereocenters. The Morgan fingerprint density at radius 2 is 2.00 bits per heavy atom. The van der Waals surface area contributed by atoms with Crippen LogP contribution >= 0.6 is 0 Å². The lowest BCUT2D eigenvalue weighted by molar-refractivity contribution is 0.189. The van der Waals surface area contributed by atoms with Crippen molar-refractivity contribution in [3.8, 4) is 0 Å². The van der Waals surface area contributed by atoms with E-state index in [-0.39, 0.29) is 12.4 Å². The minimum absolute atomic E-state index is 0.162. The number of sulfone groups is 1. The van der Waals surface area contributed by atoms with E-state index in [1.165, 1.54) is 19.1 Å². The van der Waals surface area contributed by atoms with Gasteiger partial charge in [-0.05, 0) is 25.8 Å². The van der Waals surface area contributed by atoms with Crippen molar-refractivity contribution in [2.45, 2.75) is 25.3 Å². The predicted molar refractivity (Wildman–Crippen MR) is 56.0 cm³/mol. The fourth-order valence-electron chi connectivity index (χ4n) is 1.57.